The summed E-state index contributed by atoms with van der Waals surface area (Å²) >= 11 is 1.46. The van der Waals surface area contributed by atoms with Gasteiger partial charge in [-0.1, -0.05) is 60.7 Å². The van der Waals surface area contributed by atoms with E-state index in [1.807, 2.05) is 89.2 Å². The van der Waals surface area contributed by atoms with Crippen LogP contribution in [0.4, 0.5) is 10.6 Å². The maximum absolute atomic E-state index is 14.5. The van der Waals surface area contributed by atoms with Crippen LogP contribution in [0.2, 0.25) is 0 Å². The summed E-state index contributed by atoms with van der Waals surface area (Å²) in [6.45, 7) is 8.41. The smallest absolute Gasteiger partial charge is 0.408 e. The molecule has 1 unspecified atom stereocenters. The van der Waals surface area contributed by atoms with Gasteiger partial charge in [0.05, 0.1) is 24.1 Å². The van der Waals surface area contributed by atoms with E-state index in [1.54, 1.807) is 25.7 Å². The summed E-state index contributed by atoms with van der Waals surface area (Å²) in [5.41, 5.74) is 1.48. The summed E-state index contributed by atoms with van der Waals surface area (Å²) in [6, 6.07) is 19.8. The highest BCUT2D eigenvalue weighted by atomic mass is 32.2. The van der Waals surface area contributed by atoms with Crippen LogP contribution in [0.3, 0.4) is 0 Å². The molecule has 6 rings (SSSR count). The number of benzene rings is 2. The van der Waals surface area contributed by atoms with E-state index in [-0.39, 0.29) is 10.9 Å². The predicted molar refractivity (Wildman–Crippen MR) is 168 cm³/mol. The lowest BCUT2D eigenvalue weighted by Crippen LogP contribution is -2.71. The SMILES string of the molecule is CC1S[C@@H]2[C@H](NC(=O)OC(C)(C)C)C(=O)N2C(C(=O)OC(c2ccccc2)c2ccccc2)=C1n1ccc2[n+]1CCCN2C=O. The lowest BCUT2D eigenvalue weighted by atomic mass is 10.0. The standard InChI is InChI=1S/C33H35N5O6S/c1-21-26(37-19-16-24-35(20-39)17-11-18-36(24)37)27(38-29(40)25(30(38)45-21)34-32(42)44-33(2,3)4)31(41)43-28(22-12-7-5-8-13-22)23-14-9-6-10-15-23/h5-10,12-16,19-21,25,28,30H,11,17-18H2,1-4H3/p+1/t21?,25-,30-/m1/s1. The van der Waals surface area contributed by atoms with Crippen LogP contribution in [-0.2, 0) is 30.4 Å². The summed E-state index contributed by atoms with van der Waals surface area (Å²) in [6.07, 6.45) is 1.89. The molecule has 0 saturated carbocycles. The van der Waals surface area contributed by atoms with E-state index < -0.39 is 41.1 Å². The highest BCUT2D eigenvalue weighted by Gasteiger charge is 2.57. The molecule has 0 spiro atoms. The van der Waals surface area contributed by atoms with Gasteiger partial charge in [-0.25, -0.2) is 9.59 Å². The number of alkyl carbamates (subject to hydrolysis) is 1. The summed E-state index contributed by atoms with van der Waals surface area (Å²) in [5, 5.41) is 1.85. The van der Waals surface area contributed by atoms with Crippen LogP contribution in [0.15, 0.2) is 78.6 Å². The number of carbonyl (C=O) groups excluding carboxylic acids is 4. The Bertz CT molecular complexity index is 1610. The van der Waals surface area contributed by atoms with Crippen molar-refractivity contribution in [2.75, 3.05) is 11.4 Å². The number of ether oxygens (including phenoxy) is 2. The first-order valence-electron chi connectivity index (χ1n) is 14.9. The van der Waals surface area contributed by atoms with Gasteiger partial charge in [0.25, 0.3) is 12.3 Å². The van der Waals surface area contributed by atoms with Crippen molar-refractivity contribution in [3.8, 4) is 0 Å². The van der Waals surface area contributed by atoms with Crippen LogP contribution in [0.1, 0.15) is 51.3 Å². The maximum atomic E-state index is 14.5. The van der Waals surface area contributed by atoms with Gasteiger partial charge in [-0.3, -0.25) is 14.5 Å². The Morgan fingerprint density at radius 2 is 1.69 bits per heavy atom. The zero-order chi connectivity index (χ0) is 31.9. The highest BCUT2D eigenvalue weighted by molar-refractivity contribution is 8.01. The van der Waals surface area contributed by atoms with Crippen molar-refractivity contribution in [3.05, 3.63) is 89.8 Å². The quantitative estimate of drug-likeness (QED) is 0.183. The van der Waals surface area contributed by atoms with Crippen molar-refractivity contribution in [1.82, 2.24) is 14.9 Å². The fourth-order valence-corrected chi connectivity index (χ4v) is 7.39. The van der Waals surface area contributed by atoms with Crippen LogP contribution in [0.25, 0.3) is 5.70 Å². The Labute approximate surface area is 265 Å². The number of anilines is 1. The van der Waals surface area contributed by atoms with E-state index in [0.29, 0.717) is 24.6 Å². The largest absolute Gasteiger partial charge is 0.448 e. The van der Waals surface area contributed by atoms with E-state index in [4.69, 9.17) is 9.47 Å². The molecule has 3 aliphatic heterocycles. The molecule has 3 aliphatic rings. The second-order valence-corrected chi connectivity index (χ2v) is 13.6. The van der Waals surface area contributed by atoms with Gasteiger partial charge in [0.1, 0.15) is 29.3 Å². The summed E-state index contributed by atoms with van der Waals surface area (Å²) in [5.74, 6) is -0.414. The first-order chi connectivity index (χ1) is 21.6. The van der Waals surface area contributed by atoms with Gasteiger partial charge in [0, 0.05) is 6.42 Å². The second-order valence-electron chi connectivity index (χ2n) is 12.1. The minimum absolute atomic E-state index is 0.101. The summed E-state index contributed by atoms with van der Waals surface area (Å²) in [7, 11) is 0. The van der Waals surface area contributed by atoms with Gasteiger partial charge in [-0.2, -0.15) is 14.3 Å². The van der Waals surface area contributed by atoms with E-state index in [9.17, 15) is 19.2 Å². The summed E-state index contributed by atoms with van der Waals surface area (Å²) in [4.78, 5) is 55.7. The second kappa shape index (κ2) is 12.1. The lowest BCUT2D eigenvalue weighted by molar-refractivity contribution is -0.757. The number of fused-ring (bicyclic) bond motifs is 2. The van der Waals surface area contributed by atoms with Crippen molar-refractivity contribution in [1.29, 1.82) is 0 Å². The fourth-order valence-electron chi connectivity index (χ4n) is 5.95. The molecule has 1 aromatic heterocycles. The molecule has 1 saturated heterocycles. The average molecular weight is 631 g/mol. The highest BCUT2D eigenvalue weighted by Crippen LogP contribution is 2.46. The number of carbonyl (C=O) groups is 4. The van der Waals surface area contributed by atoms with Crippen LogP contribution >= 0.6 is 11.8 Å². The molecular weight excluding hydrogens is 594 g/mol. The molecule has 3 atom stereocenters. The number of β-lactam (4-membered cyclic amide) rings is 1. The zero-order valence-corrected chi connectivity index (χ0v) is 26.4. The molecule has 0 aliphatic carbocycles. The first-order valence-corrected chi connectivity index (χ1v) is 15.9. The Morgan fingerprint density at radius 1 is 1.04 bits per heavy atom. The number of esters is 1. The molecule has 4 heterocycles. The van der Waals surface area contributed by atoms with E-state index in [0.717, 1.165) is 24.0 Å². The number of hydrogen-bond acceptors (Lipinski definition) is 7. The van der Waals surface area contributed by atoms with Crippen LogP contribution in [0.5, 0.6) is 0 Å². The lowest BCUT2D eigenvalue weighted by Gasteiger charge is -2.51. The van der Waals surface area contributed by atoms with Gasteiger partial charge >= 0.3 is 17.9 Å². The molecule has 2 aromatic carbocycles. The Morgan fingerprint density at radius 3 is 2.29 bits per heavy atom. The molecule has 1 fully saturated rings. The van der Waals surface area contributed by atoms with Gasteiger partial charge in [0.2, 0.25) is 0 Å². The summed E-state index contributed by atoms with van der Waals surface area (Å²) < 4.78 is 15.5. The third-order valence-corrected chi connectivity index (χ3v) is 9.27. The molecule has 3 amide bonds. The molecule has 45 heavy (non-hydrogen) atoms. The maximum Gasteiger partial charge on any atom is 0.408 e. The molecule has 11 nitrogen and oxygen atoms in total. The number of nitrogens with one attached hydrogen (secondary N) is 1. The van der Waals surface area contributed by atoms with Crippen molar-refractivity contribution >= 4 is 47.7 Å². The van der Waals surface area contributed by atoms with E-state index in [1.165, 1.54) is 16.7 Å². The Balaban J connectivity index is 1.42. The predicted octanol–water partition coefficient (Wildman–Crippen LogP) is 3.84. The van der Waals surface area contributed by atoms with E-state index in [2.05, 4.69) is 5.32 Å². The molecular formula is C33H36N5O6S+. The van der Waals surface area contributed by atoms with Crippen molar-refractivity contribution in [2.45, 2.75) is 69.0 Å². The molecule has 3 aromatic rings. The number of nitrogens with zero attached hydrogens (tertiary/aromatic N) is 4. The molecule has 12 heteroatoms. The fraction of sp³-hybridized carbons (Fsp3) is 0.364. The monoisotopic (exact) mass is 630 g/mol. The Kier molecular flexibility index (Phi) is 8.17. The number of amides is 3. The molecule has 1 N–H and O–H groups in total. The van der Waals surface area contributed by atoms with E-state index >= 15 is 0 Å². The van der Waals surface area contributed by atoms with Crippen LogP contribution in [0, 0.1) is 0 Å². The molecule has 0 bridgehead atoms. The number of thioether (sulfide) groups is 1. The minimum atomic E-state index is -0.882. The first kappa shape index (κ1) is 30.4. The Hall–Kier alpha value is -4.58. The van der Waals surface area contributed by atoms with Gasteiger partial charge in [0.15, 0.2) is 11.8 Å². The normalized spacial score (nSPS) is 21.1. The number of rotatable bonds is 7. The number of aromatic nitrogens is 2. The van der Waals surface area contributed by atoms with Crippen molar-refractivity contribution < 1.29 is 33.3 Å². The third kappa shape index (κ3) is 5.82. The van der Waals surface area contributed by atoms with Gasteiger partial charge < -0.3 is 14.8 Å². The van der Waals surface area contributed by atoms with Crippen molar-refractivity contribution in [3.63, 3.8) is 0 Å². The molecule has 234 valence electrons. The average Bonchev–Trinajstić information content (AvgIpc) is 3.45. The minimum Gasteiger partial charge on any atom is -0.448 e. The van der Waals surface area contributed by atoms with Gasteiger partial charge in [-0.05, 0) is 38.8 Å². The van der Waals surface area contributed by atoms with Crippen LogP contribution in [-0.4, -0.2) is 62.8 Å². The van der Waals surface area contributed by atoms with Gasteiger partial charge in [-0.15, -0.1) is 11.8 Å². The molecule has 0 radical (unpaired) electrons. The van der Waals surface area contributed by atoms with Crippen LogP contribution < -0.4 is 14.9 Å². The zero-order valence-electron chi connectivity index (χ0n) is 25.6. The van der Waals surface area contributed by atoms with Crippen molar-refractivity contribution in [2.24, 2.45) is 0 Å². The topological polar surface area (TPSA) is 114 Å². The number of hydrogen-bond donors (Lipinski definition) is 1. The third-order valence-electron chi connectivity index (χ3n) is 7.88.